The maximum Gasteiger partial charge on any atom is 0.247 e. The van der Waals surface area contributed by atoms with Crippen LogP contribution in [-0.2, 0) is 20.2 Å². The van der Waals surface area contributed by atoms with Crippen molar-refractivity contribution in [2.24, 2.45) is 0 Å². The molecule has 0 unspecified atom stereocenters. The molecule has 1 atom stereocenters. The average Bonchev–Trinajstić information content (AvgIpc) is 3.10. The highest BCUT2D eigenvalue weighted by Gasteiger charge is 2.34. The lowest BCUT2D eigenvalue weighted by atomic mass is 9.95. The van der Waals surface area contributed by atoms with Crippen LogP contribution in [0.4, 0.5) is 0 Å². The number of nitrogens with zero attached hydrogens (tertiary/aromatic N) is 6. The summed E-state index contributed by atoms with van der Waals surface area (Å²) in [5.41, 5.74) is -0.262. The monoisotopic (exact) mass is 386 g/mol. The van der Waals surface area contributed by atoms with E-state index in [1.165, 1.54) is 4.31 Å². The molecule has 0 aliphatic carbocycles. The second kappa shape index (κ2) is 7.59. The quantitative estimate of drug-likeness (QED) is 0.742. The number of tetrazole rings is 1. The number of rotatable bonds is 5. The van der Waals surface area contributed by atoms with Gasteiger partial charge in [0.2, 0.25) is 15.9 Å². The van der Waals surface area contributed by atoms with Gasteiger partial charge in [0.25, 0.3) is 0 Å². The molecule has 0 spiro atoms. The van der Waals surface area contributed by atoms with Gasteiger partial charge in [0, 0.05) is 31.6 Å². The minimum atomic E-state index is -3.21. The molecule has 0 N–H and O–H groups in total. The summed E-state index contributed by atoms with van der Waals surface area (Å²) in [6, 6.07) is -0.551. The first-order valence-corrected chi connectivity index (χ1v) is 10.6. The third-order valence-corrected chi connectivity index (χ3v) is 6.89. The van der Waals surface area contributed by atoms with Crippen LogP contribution < -0.4 is 0 Å². The predicted octanol–water partition coefficient (Wildman–Crippen LogP) is 0.804. The van der Waals surface area contributed by atoms with Gasteiger partial charge in [0.05, 0.1) is 5.75 Å². The lowest BCUT2D eigenvalue weighted by Gasteiger charge is -2.37. The van der Waals surface area contributed by atoms with Crippen molar-refractivity contribution >= 4 is 15.9 Å². The molecule has 1 aromatic heterocycles. The van der Waals surface area contributed by atoms with Gasteiger partial charge in [-0.1, -0.05) is 20.8 Å². The fraction of sp³-hybridized carbons (Fsp3) is 0.875. The Hall–Kier alpha value is -1.55. The third kappa shape index (κ3) is 4.22. The number of sulfonamides is 1. The van der Waals surface area contributed by atoms with E-state index in [2.05, 4.69) is 15.5 Å². The number of carbonyl (C=O) groups excluding carboxylic acids is 1. The topological polar surface area (TPSA) is 101 Å². The van der Waals surface area contributed by atoms with Crippen molar-refractivity contribution in [3.63, 3.8) is 0 Å². The standard InChI is InChI=1S/C16H30N6O3S/c1-7-26(24,25)20(6)13-8-10-21(11-9-13)14(23)12(2)22-15(16(3,4)5)17-18-19-22/h12-13H,7-11H2,1-6H3/t12-/m1/s1. The lowest BCUT2D eigenvalue weighted by molar-refractivity contribution is -0.136. The van der Waals surface area contributed by atoms with Gasteiger partial charge < -0.3 is 4.90 Å². The van der Waals surface area contributed by atoms with E-state index in [0.717, 1.165) is 0 Å². The summed E-state index contributed by atoms with van der Waals surface area (Å²) in [6.45, 7) is 10.5. The Kier molecular flexibility index (Phi) is 6.06. The summed E-state index contributed by atoms with van der Waals surface area (Å²) < 4.78 is 27.1. The average molecular weight is 387 g/mol. The van der Waals surface area contributed by atoms with Crippen molar-refractivity contribution < 1.29 is 13.2 Å². The van der Waals surface area contributed by atoms with Crippen LogP contribution in [0.5, 0.6) is 0 Å². The van der Waals surface area contributed by atoms with Crippen LogP contribution in [0.2, 0.25) is 0 Å². The van der Waals surface area contributed by atoms with E-state index in [1.807, 2.05) is 20.8 Å². The molecule has 10 heteroatoms. The van der Waals surface area contributed by atoms with E-state index in [9.17, 15) is 13.2 Å². The van der Waals surface area contributed by atoms with E-state index >= 15 is 0 Å². The van der Waals surface area contributed by atoms with Crippen LogP contribution in [0.3, 0.4) is 0 Å². The molecule has 1 aromatic rings. The minimum absolute atomic E-state index is 0.0396. The van der Waals surface area contributed by atoms with Crippen LogP contribution in [0.1, 0.15) is 59.3 Å². The molecule has 2 rings (SSSR count). The Morgan fingerprint density at radius 1 is 1.31 bits per heavy atom. The molecule has 0 aromatic carbocycles. The Morgan fingerprint density at radius 3 is 2.38 bits per heavy atom. The maximum atomic E-state index is 12.9. The van der Waals surface area contributed by atoms with Crippen LogP contribution in [0.15, 0.2) is 0 Å². The summed E-state index contributed by atoms with van der Waals surface area (Å²) in [5.74, 6) is 0.721. The lowest BCUT2D eigenvalue weighted by Crippen LogP contribution is -2.49. The molecular formula is C16H30N6O3S. The molecule has 1 amide bonds. The van der Waals surface area contributed by atoms with Gasteiger partial charge in [-0.05, 0) is 37.1 Å². The highest BCUT2D eigenvalue weighted by molar-refractivity contribution is 7.89. The molecule has 0 radical (unpaired) electrons. The molecule has 148 valence electrons. The van der Waals surface area contributed by atoms with Gasteiger partial charge in [-0.15, -0.1) is 5.10 Å². The fourth-order valence-electron chi connectivity index (χ4n) is 3.20. The Bertz CT molecular complexity index is 731. The normalized spacial score (nSPS) is 18.3. The van der Waals surface area contributed by atoms with Crippen LogP contribution in [-0.4, -0.2) is 75.7 Å². The van der Waals surface area contributed by atoms with Crippen LogP contribution in [0.25, 0.3) is 0 Å². The minimum Gasteiger partial charge on any atom is -0.341 e. The first-order chi connectivity index (χ1) is 12.0. The van der Waals surface area contributed by atoms with Crippen molar-refractivity contribution in [2.75, 3.05) is 25.9 Å². The van der Waals surface area contributed by atoms with Gasteiger partial charge in [0.15, 0.2) is 5.82 Å². The van der Waals surface area contributed by atoms with Gasteiger partial charge >= 0.3 is 0 Å². The summed E-state index contributed by atoms with van der Waals surface area (Å²) >= 11 is 0. The zero-order valence-corrected chi connectivity index (χ0v) is 17.3. The van der Waals surface area contributed by atoms with Crippen molar-refractivity contribution in [3.8, 4) is 0 Å². The van der Waals surface area contributed by atoms with E-state index in [0.29, 0.717) is 31.8 Å². The SMILES string of the molecule is CCS(=O)(=O)N(C)C1CCN(C(=O)[C@@H](C)n2nnnc2C(C)(C)C)CC1. The highest BCUT2D eigenvalue weighted by Crippen LogP contribution is 2.24. The zero-order valence-electron chi connectivity index (χ0n) is 16.5. The number of piperidine rings is 1. The van der Waals surface area contributed by atoms with E-state index in [-0.39, 0.29) is 23.1 Å². The van der Waals surface area contributed by atoms with Crippen LogP contribution in [0, 0.1) is 0 Å². The largest absolute Gasteiger partial charge is 0.341 e. The van der Waals surface area contributed by atoms with Gasteiger partial charge in [-0.2, -0.15) is 0 Å². The van der Waals surface area contributed by atoms with E-state index in [1.54, 1.807) is 30.5 Å². The first kappa shape index (κ1) is 20.8. The molecule has 9 nitrogen and oxygen atoms in total. The molecule has 1 aliphatic heterocycles. The number of amides is 1. The van der Waals surface area contributed by atoms with Crippen molar-refractivity contribution in [2.45, 2.75) is 65.0 Å². The fourth-order valence-corrected chi connectivity index (χ4v) is 4.27. The summed E-state index contributed by atoms with van der Waals surface area (Å²) in [5, 5.41) is 11.8. The van der Waals surface area contributed by atoms with Crippen LogP contribution >= 0.6 is 0 Å². The number of aromatic nitrogens is 4. The molecule has 1 fully saturated rings. The van der Waals surface area contributed by atoms with Gasteiger partial charge in [-0.25, -0.2) is 17.4 Å². The van der Waals surface area contributed by atoms with Gasteiger partial charge in [0.1, 0.15) is 6.04 Å². The Balaban J connectivity index is 2.04. The molecule has 2 heterocycles. The molecular weight excluding hydrogens is 356 g/mol. The third-order valence-electron chi connectivity index (χ3n) is 4.98. The molecule has 1 saturated heterocycles. The van der Waals surface area contributed by atoms with Crippen molar-refractivity contribution in [3.05, 3.63) is 5.82 Å². The van der Waals surface area contributed by atoms with E-state index < -0.39 is 16.1 Å². The molecule has 1 aliphatic rings. The highest BCUT2D eigenvalue weighted by atomic mass is 32.2. The zero-order chi connectivity index (χ0) is 19.7. The smallest absolute Gasteiger partial charge is 0.247 e. The Labute approximate surface area is 155 Å². The predicted molar refractivity (Wildman–Crippen MR) is 98.1 cm³/mol. The maximum absolute atomic E-state index is 12.9. The number of likely N-dealkylation sites (tertiary alicyclic amines) is 1. The first-order valence-electron chi connectivity index (χ1n) is 9.02. The summed E-state index contributed by atoms with van der Waals surface area (Å²) in [7, 11) is -1.58. The van der Waals surface area contributed by atoms with Crippen molar-refractivity contribution in [1.82, 2.24) is 29.4 Å². The second-order valence-corrected chi connectivity index (χ2v) is 10.2. The second-order valence-electron chi connectivity index (χ2n) is 7.85. The number of hydrogen-bond donors (Lipinski definition) is 0. The Morgan fingerprint density at radius 2 is 1.88 bits per heavy atom. The number of carbonyl (C=O) groups is 1. The summed E-state index contributed by atoms with van der Waals surface area (Å²) in [4.78, 5) is 14.7. The number of hydrogen-bond acceptors (Lipinski definition) is 6. The van der Waals surface area contributed by atoms with E-state index in [4.69, 9.17) is 0 Å². The molecule has 0 bridgehead atoms. The summed E-state index contributed by atoms with van der Waals surface area (Å²) in [6.07, 6.45) is 1.27. The molecule has 0 saturated carbocycles. The van der Waals surface area contributed by atoms with Crippen molar-refractivity contribution in [1.29, 1.82) is 0 Å². The molecule has 26 heavy (non-hydrogen) atoms. The van der Waals surface area contributed by atoms with Gasteiger partial charge in [-0.3, -0.25) is 4.79 Å².